The average molecular weight is 173 g/mol. The summed E-state index contributed by atoms with van der Waals surface area (Å²) in [5.74, 6) is 0. The number of nitrogen functional groups attached to an aromatic ring is 2. The van der Waals surface area contributed by atoms with Gasteiger partial charge in [-0.2, -0.15) is 0 Å². The number of rotatable bonds is 0. The Morgan fingerprint density at radius 2 is 2.08 bits per heavy atom. The van der Waals surface area contributed by atoms with Crippen molar-refractivity contribution < 1.29 is 0 Å². The topological polar surface area (TPSA) is 64.9 Å². The van der Waals surface area contributed by atoms with E-state index in [9.17, 15) is 0 Å². The molecule has 0 bridgehead atoms. The van der Waals surface area contributed by atoms with Gasteiger partial charge in [-0.25, -0.2) is 0 Å². The molecule has 0 saturated heterocycles. The van der Waals surface area contributed by atoms with E-state index < -0.39 is 0 Å². The number of benzene rings is 1. The highest BCUT2D eigenvalue weighted by Crippen LogP contribution is 2.27. The summed E-state index contributed by atoms with van der Waals surface area (Å²) in [6.45, 7) is 1.98. The Morgan fingerprint density at radius 1 is 1.31 bits per heavy atom. The molecule has 0 aliphatic heterocycles. The second kappa shape index (κ2) is 2.62. The molecule has 3 heteroatoms. The highest BCUT2D eigenvalue weighted by Gasteiger charge is 2.04. The van der Waals surface area contributed by atoms with E-state index in [1.807, 2.05) is 25.1 Å². The van der Waals surface area contributed by atoms with E-state index in [1.54, 1.807) is 6.20 Å². The number of pyridine rings is 1. The molecule has 0 atom stereocenters. The first-order chi connectivity index (χ1) is 6.20. The van der Waals surface area contributed by atoms with Crippen LogP contribution in [0.5, 0.6) is 0 Å². The predicted octanol–water partition coefficient (Wildman–Crippen LogP) is 1.71. The Morgan fingerprint density at radius 3 is 2.85 bits per heavy atom. The Bertz CT molecular complexity index is 463. The summed E-state index contributed by atoms with van der Waals surface area (Å²) in [6.07, 6.45) is 1.75. The summed E-state index contributed by atoms with van der Waals surface area (Å²) in [5.41, 5.74) is 14.8. The first-order valence-electron chi connectivity index (χ1n) is 4.09. The zero-order valence-corrected chi connectivity index (χ0v) is 7.41. The zero-order valence-electron chi connectivity index (χ0n) is 7.41. The van der Waals surface area contributed by atoms with E-state index in [0.717, 1.165) is 16.5 Å². The Labute approximate surface area is 76.4 Å². The van der Waals surface area contributed by atoms with Gasteiger partial charge in [0.15, 0.2) is 0 Å². The van der Waals surface area contributed by atoms with Gasteiger partial charge in [-0.05, 0) is 30.7 Å². The van der Waals surface area contributed by atoms with Crippen LogP contribution in [0.25, 0.3) is 10.9 Å². The van der Waals surface area contributed by atoms with Gasteiger partial charge in [0, 0.05) is 11.6 Å². The second-order valence-electron chi connectivity index (χ2n) is 3.10. The fraction of sp³-hybridized carbons (Fsp3) is 0.100. The third-order valence-corrected chi connectivity index (χ3v) is 2.15. The minimum Gasteiger partial charge on any atom is -0.397 e. The van der Waals surface area contributed by atoms with Gasteiger partial charge in [-0.15, -0.1) is 0 Å². The summed E-state index contributed by atoms with van der Waals surface area (Å²) >= 11 is 0. The number of nitrogens with two attached hydrogens (primary N) is 2. The van der Waals surface area contributed by atoms with Crippen LogP contribution in [-0.2, 0) is 0 Å². The Kier molecular flexibility index (Phi) is 1.59. The number of anilines is 2. The van der Waals surface area contributed by atoms with Gasteiger partial charge in [0.25, 0.3) is 0 Å². The number of aryl methyl sites for hydroxylation is 1. The molecule has 0 fully saturated rings. The molecule has 2 rings (SSSR count). The summed E-state index contributed by atoms with van der Waals surface area (Å²) in [4.78, 5) is 4.25. The lowest BCUT2D eigenvalue weighted by molar-refractivity contribution is 1.37. The van der Waals surface area contributed by atoms with Crippen molar-refractivity contribution in [1.82, 2.24) is 4.98 Å². The minimum atomic E-state index is 0.619. The number of fused-ring (bicyclic) bond motifs is 1. The van der Waals surface area contributed by atoms with Gasteiger partial charge in [-0.1, -0.05) is 0 Å². The molecule has 1 heterocycles. The molecular formula is C10H11N3. The summed E-state index contributed by atoms with van der Waals surface area (Å²) in [5, 5.41) is 0.931. The quantitative estimate of drug-likeness (QED) is 0.596. The highest BCUT2D eigenvalue weighted by molar-refractivity contribution is 5.98. The molecule has 0 aliphatic rings. The van der Waals surface area contributed by atoms with Crippen molar-refractivity contribution >= 4 is 22.3 Å². The molecule has 0 spiro atoms. The van der Waals surface area contributed by atoms with Crippen molar-refractivity contribution in [3.8, 4) is 0 Å². The summed E-state index contributed by atoms with van der Waals surface area (Å²) < 4.78 is 0. The van der Waals surface area contributed by atoms with E-state index in [1.165, 1.54) is 0 Å². The molecule has 1 aromatic carbocycles. The van der Waals surface area contributed by atoms with Gasteiger partial charge >= 0.3 is 0 Å². The van der Waals surface area contributed by atoms with Crippen molar-refractivity contribution in [2.45, 2.75) is 6.92 Å². The first kappa shape index (κ1) is 7.86. The molecule has 3 nitrogen and oxygen atoms in total. The van der Waals surface area contributed by atoms with Crippen LogP contribution in [0, 0.1) is 6.92 Å². The lowest BCUT2D eigenvalue weighted by atomic mass is 10.1. The van der Waals surface area contributed by atoms with Crippen LogP contribution >= 0.6 is 0 Å². The Hall–Kier alpha value is -1.77. The molecule has 13 heavy (non-hydrogen) atoms. The third kappa shape index (κ3) is 1.09. The van der Waals surface area contributed by atoms with Crippen LogP contribution in [0.15, 0.2) is 24.4 Å². The van der Waals surface area contributed by atoms with Crippen LogP contribution in [0.4, 0.5) is 11.4 Å². The summed E-state index contributed by atoms with van der Waals surface area (Å²) in [6, 6.07) is 5.64. The van der Waals surface area contributed by atoms with Gasteiger partial charge in [0.1, 0.15) is 0 Å². The molecule has 0 amide bonds. The highest BCUT2D eigenvalue weighted by atomic mass is 14.7. The molecule has 1 aromatic heterocycles. The van der Waals surface area contributed by atoms with Gasteiger partial charge in [0.05, 0.1) is 16.9 Å². The van der Waals surface area contributed by atoms with Crippen molar-refractivity contribution in [3.05, 3.63) is 30.0 Å². The fourth-order valence-corrected chi connectivity index (χ4v) is 1.47. The monoisotopic (exact) mass is 173 g/mol. The molecule has 0 saturated carbocycles. The number of aromatic nitrogens is 1. The second-order valence-corrected chi connectivity index (χ2v) is 3.10. The van der Waals surface area contributed by atoms with Crippen molar-refractivity contribution in [2.24, 2.45) is 0 Å². The van der Waals surface area contributed by atoms with Gasteiger partial charge in [-0.3, -0.25) is 4.98 Å². The van der Waals surface area contributed by atoms with Crippen LogP contribution in [-0.4, -0.2) is 4.98 Å². The van der Waals surface area contributed by atoms with Gasteiger partial charge < -0.3 is 11.5 Å². The SMILES string of the molecule is Cc1cc(N)c(N)c2cccnc12. The standard InChI is InChI=1S/C10H11N3/c1-6-5-8(11)9(12)7-3-2-4-13-10(6)7/h2-5H,11-12H2,1H3. The van der Waals surface area contributed by atoms with Crippen LogP contribution in [0.3, 0.4) is 0 Å². The van der Waals surface area contributed by atoms with Crippen LogP contribution in [0.2, 0.25) is 0 Å². The van der Waals surface area contributed by atoms with Crippen molar-refractivity contribution in [1.29, 1.82) is 0 Å². The molecule has 0 radical (unpaired) electrons. The molecule has 0 aliphatic carbocycles. The van der Waals surface area contributed by atoms with E-state index in [-0.39, 0.29) is 0 Å². The maximum atomic E-state index is 5.82. The van der Waals surface area contributed by atoms with Crippen LogP contribution in [0.1, 0.15) is 5.56 Å². The molecular weight excluding hydrogens is 162 g/mol. The van der Waals surface area contributed by atoms with Gasteiger partial charge in [0.2, 0.25) is 0 Å². The fourth-order valence-electron chi connectivity index (χ4n) is 1.47. The van der Waals surface area contributed by atoms with E-state index in [0.29, 0.717) is 11.4 Å². The van der Waals surface area contributed by atoms with Crippen LogP contribution < -0.4 is 11.5 Å². The largest absolute Gasteiger partial charge is 0.397 e. The third-order valence-electron chi connectivity index (χ3n) is 2.15. The summed E-state index contributed by atoms with van der Waals surface area (Å²) in [7, 11) is 0. The molecule has 66 valence electrons. The molecule has 0 unspecified atom stereocenters. The maximum absolute atomic E-state index is 5.82. The van der Waals surface area contributed by atoms with Crippen molar-refractivity contribution in [3.63, 3.8) is 0 Å². The Balaban J connectivity index is 2.97. The van der Waals surface area contributed by atoms with Crippen molar-refractivity contribution in [2.75, 3.05) is 11.5 Å². The maximum Gasteiger partial charge on any atom is 0.0753 e. The molecule has 2 aromatic rings. The predicted molar refractivity (Wildman–Crippen MR) is 55.3 cm³/mol. The number of nitrogens with zero attached hydrogens (tertiary/aromatic N) is 1. The average Bonchev–Trinajstić information content (AvgIpc) is 2.15. The molecule has 4 N–H and O–H groups in total. The first-order valence-corrected chi connectivity index (χ1v) is 4.09. The van der Waals surface area contributed by atoms with E-state index in [4.69, 9.17) is 11.5 Å². The minimum absolute atomic E-state index is 0.619. The van der Waals surface area contributed by atoms with E-state index >= 15 is 0 Å². The number of hydrogen-bond donors (Lipinski definition) is 2. The normalized spacial score (nSPS) is 10.5. The lowest BCUT2D eigenvalue weighted by Gasteiger charge is -2.06. The zero-order chi connectivity index (χ0) is 9.42. The van der Waals surface area contributed by atoms with E-state index in [2.05, 4.69) is 4.98 Å². The smallest absolute Gasteiger partial charge is 0.0753 e. The number of hydrogen-bond acceptors (Lipinski definition) is 3. The lowest BCUT2D eigenvalue weighted by Crippen LogP contribution is -1.97.